The van der Waals surface area contributed by atoms with Crippen LogP contribution in [0.15, 0.2) is 75.0 Å². The van der Waals surface area contributed by atoms with Gasteiger partial charge in [-0.05, 0) is 48.4 Å². The summed E-state index contributed by atoms with van der Waals surface area (Å²) in [4.78, 5) is 4.37. The highest BCUT2D eigenvalue weighted by atomic mass is 35.5. The van der Waals surface area contributed by atoms with Crippen molar-refractivity contribution in [3.8, 4) is 34.5 Å². The predicted molar refractivity (Wildman–Crippen MR) is 142 cm³/mol. The molecule has 38 heavy (non-hydrogen) atoms. The van der Waals surface area contributed by atoms with E-state index in [4.69, 9.17) is 35.0 Å². The van der Waals surface area contributed by atoms with Crippen LogP contribution in [0.5, 0.6) is 23.0 Å². The normalized spacial score (nSPS) is 12.7. The number of halogens is 1. The Balaban J connectivity index is 1.47. The molecule has 1 N–H and O–H groups in total. The Morgan fingerprint density at radius 1 is 0.947 bits per heavy atom. The van der Waals surface area contributed by atoms with Crippen LogP contribution >= 0.6 is 11.6 Å². The van der Waals surface area contributed by atoms with Crippen molar-refractivity contribution in [2.45, 2.75) is 16.3 Å². The predicted octanol–water partition coefficient (Wildman–Crippen LogP) is 5.27. The van der Waals surface area contributed by atoms with Gasteiger partial charge in [-0.3, -0.25) is 0 Å². The lowest BCUT2D eigenvalue weighted by Crippen LogP contribution is -2.16. The number of methoxy groups -OCH3 is 2. The molecule has 2 heterocycles. The summed E-state index contributed by atoms with van der Waals surface area (Å²) in [5, 5.41) is 3.23. The van der Waals surface area contributed by atoms with Crippen LogP contribution in [-0.4, -0.2) is 47.4 Å². The van der Waals surface area contributed by atoms with E-state index in [0.717, 1.165) is 5.56 Å². The van der Waals surface area contributed by atoms with Crippen LogP contribution in [0.4, 0.5) is 5.88 Å². The number of aromatic nitrogens is 1. The van der Waals surface area contributed by atoms with Crippen LogP contribution in [0.3, 0.4) is 0 Å². The molecule has 0 bridgehead atoms. The van der Waals surface area contributed by atoms with E-state index in [-0.39, 0.29) is 21.7 Å². The molecule has 1 aliphatic rings. The number of rotatable bonds is 9. The molecule has 9 nitrogen and oxygen atoms in total. The summed E-state index contributed by atoms with van der Waals surface area (Å²) in [5.41, 5.74) is 1.43. The molecular formula is C27H25ClN2O7S. The molecule has 0 fully saturated rings. The van der Waals surface area contributed by atoms with Crippen molar-refractivity contribution >= 4 is 27.3 Å². The van der Waals surface area contributed by atoms with Gasteiger partial charge in [0.1, 0.15) is 13.2 Å². The lowest BCUT2D eigenvalue weighted by Gasteiger charge is -2.18. The number of nitrogens with zero attached hydrogens (tertiary/aromatic N) is 1. The molecule has 0 amide bonds. The average Bonchev–Trinajstić information content (AvgIpc) is 3.37. The van der Waals surface area contributed by atoms with E-state index in [0.29, 0.717) is 59.8 Å². The molecular weight excluding hydrogens is 532 g/mol. The van der Waals surface area contributed by atoms with Crippen molar-refractivity contribution in [2.24, 2.45) is 0 Å². The average molecular weight is 557 g/mol. The number of fused-ring (bicyclic) bond motifs is 1. The fraction of sp³-hybridized carbons (Fsp3) is 0.222. The van der Waals surface area contributed by atoms with Crippen molar-refractivity contribution < 1.29 is 31.8 Å². The smallest absolute Gasteiger partial charge is 0.233 e. The quantitative estimate of drug-likeness (QED) is 0.295. The van der Waals surface area contributed by atoms with Gasteiger partial charge < -0.3 is 28.7 Å². The Hall–Kier alpha value is -3.89. The molecule has 0 spiro atoms. The Kier molecular flexibility index (Phi) is 7.35. The van der Waals surface area contributed by atoms with Crippen LogP contribution in [0.25, 0.3) is 11.5 Å². The minimum Gasteiger partial charge on any atom is -0.493 e. The molecule has 0 unspecified atom stereocenters. The number of hydrogen-bond donors (Lipinski definition) is 1. The Morgan fingerprint density at radius 3 is 2.47 bits per heavy atom. The SMILES string of the molecule is COc1ccc(CCNc2oc(-c3ccccc3Cl)nc2S(=O)(=O)c2ccc3c(c2)OCCO3)cc1OC. The maximum atomic E-state index is 13.7. The standard InChI is InChI=1S/C27H25ClN2O7S/c1-33-21-9-7-17(15-23(21)34-2)11-12-29-26-27(30-25(37-26)19-5-3-4-6-20(19)28)38(31,32)18-8-10-22-24(16-18)36-14-13-35-22/h3-10,15-16,29H,11-14H2,1-2H3. The summed E-state index contributed by atoms with van der Waals surface area (Å²) in [7, 11) is -0.959. The van der Waals surface area contributed by atoms with Gasteiger partial charge in [0.25, 0.3) is 0 Å². The molecule has 5 rings (SSSR count). The van der Waals surface area contributed by atoms with Crippen molar-refractivity contribution in [1.29, 1.82) is 0 Å². The zero-order valence-corrected chi connectivity index (χ0v) is 22.3. The maximum absolute atomic E-state index is 13.7. The second-order valence-corrected chi connectivity index (χ2v) is 10.6. The van der Waals surface area contributed by atoms with E-state index in [1.54, 1.807) is 44.6 Å². The Labute approximate surface area is 225 Å². The molecule has 3 aromatic carbocycles. The lowest BCUT2D eigenvalue weighted by molar-refractivity contribution is 0.171. The zero-order valence-electron chi connectivity index (χ0n) is 20.7. The topological polar surface area (TPSA) is 109 Å². The molecule has 4 aromatic rings. The molecule has 198 valence electrons. The van der Waals surface area contributed by atoms with Gasteiger partial charge in [-0.15, -0.1) is 0 Å². The van der Waals surface area contributed by atoms with E-state index in [2.05, 4.69) is 10.3 Å². The molecule has 0 saturated heterocycles. The first kappa shape index (κ1) is 25.7. The second kappa shape index (κ2) is 10.8. The summed E-state index contributed by atoms with van der Waals surface area (Å²) in [6, 6.07) is 17.0. The van der Waals surface area contributed by atoms with Gasteiger partial charge in [0.2, 0.25) is 26.6 Å². The van der Waals surface area contributed by atoms with Crippen molar-refractivity contribution in [1.82, 2.24) is 4.98 Å². The largest absolute Gasteiger partial charge is 0.493 e. The van der Waals surface area contributed by atoms with Gasteiger partial charge in [-0.1, -0.05) is 29.8 Å². The molecule has 11 heteroatoms. The van der Waals surface area contributed by atoms with Crippen LogP contribution in [0.2, 0.25) is 5.02 Å². The lowest BCUT2D eigenvalue weighted by atomic mass is 10.1. The molecule has 0 aliphatic carbocycles. The molecule has 0 atom stereocenters. The van der Waals surface area contributed by atoms with Crippen LogP contribution in [0.1, 0.15) is 5.56 Å². The van der Waals surface area contributed by atoms with E-state index in [9.17, 15) is 8.42 Å². The fourth-order valence-corrected chi connectivity index (χ4v) is 5.52. The summed E-state index contributed by atoms with van der Waals surface area (Å²) in [5.74, 6) is 2.16. The number of sulfone groups is 1. The number of oxazole rings is 1. The fourth-order valence-electron chi connectivity index (χ4n) is 4.01. The molecule has 1 aliphatic heterocycles. The monoisotopic (exact) mass is 556 g/mol. The summed E-state index contributed by atoms with van der Waals surface area (Å²) in [6.45, 7) is 1.09. The minimum atomic E-state index is -4.10. The first-order chi connectivity index (χ1) is 18.4. The van der Waals surface area contributed by atoms with E-state index < -0.39 is 9.84 Å². The first-order valence-corrected chi connectivity index (χ1v) is 13.6. The third kappa shape index (κ3) is 5.09. The number of nitrogens with one attached hydrogen (secondary N) is 1. The van der Waals surface area contributed by atoms with E-state index in [1.807, 2.05) is 18.2 Å². The summed E-state index contributed by atoms with van der Waals surface area (Å²) in [6.07, 6.45) is 0.548. The summed E-state index contributed by atoms with van der Waals surface area (Å²) < 4.78 is 55.2. The highest BCUT2D eigenvalue weighted by Gasteiger charge is 2.30. The highest BCUT2D eigenvalue weighted by molar-refractivity contribution is 7.91. The summed E-state index contributed by atoms with van der Waals surface area (Å²) >= 11 is 6.35. The Bertz CT molecular complexity index is 1570. The van der Waals surface area contributed by atoms with E-state index >= 15 is 0 Å². The molecule has 0 radical (unpaired) electrons. The third-order valence-electron chi connectivity index (χ3n) is 5.93. The maximum Gasteiger partial charge on any atom is 0.233 e. The first-order valence-electron chi connectivity index (χ1n) is 11.8. The number of benzene rings is 3. The number of hydrogen-bond acceptors (Lipinski definition) is 9. The minimum absolute atomic E-state index is 0.00343. The number of anilines is 1. The van der Waals surface area contributed by atoms with Gasteiger partial charge >= 0.3 is 0 Å². The van der Waals surface area contributed by atoms with Crippen LogP contribution in [-0.2, 0) is 16.3 Å². The van der Waals surface area contributed by atoms with Gasteiger partial charge in [0, 0.05) is 12.6 Å². The zero-order chi connectivity index (χ0) is 26.7. The van der Waals surface area contributed by atoms with Gasteiger partial charge in [-0.2, -0.15) is 4.98 Å². The van der Waals surface area contributed by atoms with Crippen LogP contribution in [0, 0.1) is 0 Å². The van der Waals surface area contributed by atoms with Gasteiger partial charge in [0.15, 0.2) is 23.0 Å². The van der Waals surface area contributed by atoms with E-state index in [1.165, 1.54) is 12.1 Å². The second-order valence-electron chi connectivity index (χ2n) is 8.31. The van der Waals surface area contributed by atoms with Gasteiger partial charge in [-0.25, -0.2) is 8.42 Å². The van der Waals surface area contributed by atoms with Crippen molar-refractivity contribution in [2.75, 3.05) is 39.3 Å². The number of ether oxygens (including phenoxy) is 4. The van der Waals surface area contributed by atoms with Gasteiger partial charge in [0.05, 0.1) is 29.7 Å². The third-order valence-corrected chi connectivity index (χ3v) is 7.92. The molecule has 1 aromatic heterocycles. The Morgan fingerprint density at radius 2 is 1.71 bits per heavy atom. The highest BCUT2D eigenvalue weighted by Crippen LogP contribution is 2.38. The van der Waals surface area contributed by atoms with Crippen molar-refractivity contribution in [3.05, 3.63) is 71.2 Å². The van der Waals surface area contributed by atoms with Crippen LogP contribution < -0.4 is 24.3 Å². The molecule has 0 saturated carbocycles. The van der Waals surface area contributed by atoms with Crippen molar-refractivity contribution in [3.63, 3.8) is 0 Å².